The van der Waals surface area contributed by atoms with Crippen molar-refractivity contribution in [3.05, 3.63) is 23.8 Å². The molecular formula is C14H19NO5. The van der Waals surface area contributed by atoms with Crippen LogP contribution in [0.5, 0.6) is 11.5 Å². The second-order valence-corrected chi connectivity index (χ2v) is 4.25. The molecule has 1 aromatic rings. The molecule has 0 bridgehead atoms. The summed E-state index contributed by atoms with van der Waals surface area (Å²) in [6, 6.07) is 4.79. The van der Waals surface area contributed by atoms with Crippen LogP contribution in [0.1, 0.15) is 23.7 Å². The number of aliphatic carboxylic acids is 1. The number of carbonyl (C=O) groups is 2. The van der Waals surface area contributed by atoms with Crippen molar-refractivity contribution in [1.82, 2.24) is 5.32 Å². The number of carboxylic acid groups (broad SMARTS) is 1. The van der Waals surface area contributed by atoms with Crippen LogP contribution in [-0.2, 0) is 4.79 Å². The number of carbonyl (C=O) groups excluding carboxylic acids is 1. The van der Waals surface area contributed by atoms with Crippen LogP contribution in [0.25, 0.3) is 0 Å². The monoisotopic (exact) mass is 281 g/mol. The van der Waals surface area contributed by atoms with Gasteiger partial charge in [-0.1, -0.05) is 6.92 Å². The first-order valence-corrected chi connectivity index (χ1v) is 6.25. The standard InChI is InChI=1S/C14H19NO5/c1-4-9(14(17)18)8-15-13(16)10-5-11(19-2)7-12(6-10)20-3/h5-7,9H,4,8H2,1-3H3,(H,15,16)(H,17,18). The molecule has 0 radical (unpaired) electrons. The molecule has 0 saturated carbocycles. The summed E-state index contributed by atoms with van der Waals surface area (Å²) in [5, 5.41) is 11.5. The van der Waals surface area contributed by atoms with Gasteiger partial charge in [0, 0.05) is 18.2 Å². The predicted molar refractivity (Wildman–Crippen MR) is 73.3 cm³/mol. The fourth-order valence-electron chi connectivity index (χ4n) is 1.66. The number of methoxy groups -OCH3 is 2. The SMILES string of the molecule is CCC(CNC(=O)c1cc(OC)cc(OC)c1)C(=O)O. The Morgan fingerprint density at radius 2 is 1.75 bits per heavy atom. The van der Waals surface area contributed by atoms with Gasteiger partial charge in [0.1, 0.15) is 11.5 Å². The van der Waals surface area contributed by atoms with Gasteiger partial charge in [-0.05, 0) is 18.6 Å². The van der Waals surface area contributed by atoms with E-state index in [1.54, 1.807) is 25.1 Å². The van der Waals surface area contributed by atoms with E-state index in [-0.39, 0.29) is 12.5 Å². The third kappa shape index (κ3) is 4.15. The Balaban J connectivity index is 2.79. The Bertz CT molecular complexity index is 464. The number of ether oxygens (including phenoxy) is 2. The maximum Gasteiger partial charge on any atom is 0.308 e. The highest BCUT2D eigenvalue weighted by Crippen LogP contribution is 2.22. The van der Waals surface area contributed by atoms with Gasteiger partial charge in [0.15, 0.2) is 0 Å². The second-order valence-electron chi connectivity index (χ2n) is 4.25. The van der Waals surface area contributed by atoms with Crippen LogP contribution in [0.15, 0.2) is 18.2 Å². The molecule has 0 aliphatic rings. The van der Waals surface area contributed by atoms with Gasteiger partial charge >= 0.3 is 5.97 Å². The molecule has 0 fully saturated rings. The summed E-state index contributed by atoms with van der Waals surface area (Å²) in [7, 11) is 2.99. The minimum atomic E-state index is -0.920. The normalized spacial score (nSPS) is 11.6. The van der Waals surface area contributed by atoms with Gasteiger partial charge in [0.05, 0.1) is 20.1 Å². The Morgan fingerprint density at radius 1 is 1.20 bits per heavy atom. The summed E-state index contributed by atoms with van der Waals surface area (Å²) in [5.41, 5.74) is 0.362. The maximum absolute atomic E-state index is 12.0. The van der Waals surface area contributed by atoms with Crippen molar-refractivity contribution >= 4 is 11.9 Å². The lowest BCUT2D eigenvalue weighted by Gasteiger charge is -2.12. The Morgan fingerprint density at radius 3 is 2.15 bits per heavy atom. The van der Waals surface area contributed by atoms with E-state index in [1.165, 1.54) is 14.2 Å². The zero-order chi connectivity index (χ0) is 15.1. The predicted octanol–water partition coefficient (Wildman–Crippen LogP) is 1.54. The van der Waals surface area contributed by atoms with Crippen molar-refractivity contribution in [3.63, 3.8) is 0 Å². The minimum Gasteiger partial charge on any atom is -0.497 e. The minimum absolute atomic E-state index is 0.0875. The Kier molecular flexibility index (Phi) is 5.83. The van der Waals surface area contributed by atoms with Gasteiger partial charge < -0.3 is 19.9 Å². The molecule has 1 amide bonds. The van der Waals surface area contributed by atoms with E-state index in [0.717, 1.165) is 0 Å². The molecule has 0 heterocycles. The van der Waals surface area contributed by atoms with Crippen LogP contribution in [0.2, 0.25) is 0 Å². The number of hydrogen-bond acceptors (Lipinski definition) is 4. The number of rotatable bonds is 7. The number of carboxylic acids is 1. The van der Waals surface area contributed by atoms with Crippen LogP contribution < -0.4 is 14.8 Å². The average molecular weight is 281 g/mol. The van der Waals surface area contributed by atoms with Crippen LogP contribution in [0.4, 0.5) is 0 Å². The van der Waals surface area contributed by atoms with Gasteiger partial charge in [0.25, 0.3) is 5.91 Å². The number of benzene rings is 1. The van der Waals surface area contributed by atoms with Gasteiger partial charge in [-0.15, -0.1) is 0 Å². The molecule has 0 aliphatic carbocycles. The molecular weight excluding hydrogens is 262 g/mol. The van der Waals surface area contributed by atoms with Crippen LogP contribution in [0.3, 0.4) is 0 Å². The van der Waals surface area contributed by atoms with E-state index in [4.69, 9.17) is 14.6 Å². The molecule has 0 saturated heterocycles. The van der Waals surface area contributed by atoms with E-state index < -0.39 is 11.9 Å². The van der Waals surface area contributed by atoms with Crippen LogP contribution in [-0.4, -0.2) is 37.7 Å². The highest BCUT2D eigenvalue weighted by molar-refractivity contribution is 5.95. The first-order valence-electron chi connectivity index (χ1n) is 6.25. The second kappa shape index (κ2) is 7.37. The number of nitrogens with one attached hydrogen (secondary N) is 1. The maximum atomic E-state index is 12.0. The van der Waals surface area contributed by atoms with Crippen molar-refractivity contribution in [2.24, 2.45) is 5.92 Å². The van der Waals surface area contributed by atoms with Gasteiger partial charge in [-0.3, -0.25) is 9.59 Å². The summed E-state index contributed by atoms with van der Waals surface area (Å²) >= 11 is 0. The molecule has 2 N–H and O–H groups in total. The average Bonchev–Trinajstić information content (AvgIpc) is 2.46. The molecule has 0 aliphatic heterocycles. The molecule has 1 atom stereocenters. The number of hydrogen-bond donors (Lipinski definition) is 2. The van der Waals surface area contributed by atoms with E-state index in [2.05, 4.69) is 5.32 Å². The van der Waals surface area contributed by atoms with Crippen LogP contribution >= 0.6 is 0 Å². The van der Waals surface area contributed by atoms with Crippen molar-refractivity contribution in [2.75, 3.05) is 20.8 Å². The molecule has 1 unspecified atom stereocenters. The highest BCUT2D eigenvalue weighted by Gasteiger charge is 2.17. The first kappa shape index (κ1) is 15.8. The van der Waals surface area contributed by atoms with E-state index in [0.29, 0.717) is 23.5 Å². The van der Waals surface area contributed by atoms with Crippen LogP contribution in [0, 0.1) is 5.92 Å². The fourth-order valence-corrected chi connectivity index (χ4v) is 1.66. The summed E-state index contributed by atoms with van der Waals surface area (Å²) in [6.07, 6.45) is 0.455. The fraction of sp³-hybridized carbons (Fsp3) is 0.429. The van der Waals surface area contributed by atoms with Gasteiger partial charge in [-0.25, -0.2) is 0 Å². The van der Waals surface area contributed by atoms with Crippen molar-refractivity contribution in [1.29, 1.82) is 0 Å². The zero-order valence-electron chi connectivity index (χ0n) is 11.8. The lowest BCUT2D eigenvalue weighted by atomic mass is 10.1. The van der Waals surface area contributed by atoms with E-state index >= 15 is 0 Å². The summed E-state index contributed by atoms with van der Waals surface area (Å²) < 4.78 is 10.2. The third-order valence-corrected chi connectivity index (χ3v) is 2.96. The summed E-state index contributed by atoms with van der Waals surface area (Å²) in [6.45, 7) is 1.85. The molecule has 20 heavy (non-hydrogen) atoms. The van der Waals surface area contributed by atoms with Crippen molar-refractivity contribution < 1.29 is 24.2 Å². The third-order valence-electron chi connectivity index (χ3n) is 2.96. The lowest BCUT2D eigenvalue weighted by Crippen LogP contribution is -2.32. The van der Waals surface area contributed by atoms with Gasteiger partial charge in [-0.2, -0.15) is 0 Å². The topological polar surface area (TPSA) is 84.9 Å². The molecule has 6 nitrogen and oxygen atoms in total. The van der Waals surface area contributed by atoms with E-state index in [9.17, 15) is 9.59 Å². The molecule has 0 aromatic heterocycles. The molecule has 6 heteroatoms. The number of amides is 1. The largest absolute Gasteiger partial charge is 0.497 e. The van der Waals surface area contributed by atoms with E-state index in [1.807, 2.05) is 0 Å². The molecule has 110 valence electrons. The zero-order valence-corrected chi connectivity index (χ0v) is 11.8. The quantitative estimate of drug-likeness (QED) is 0.792. The lowest BCUT2D eigenvalue weighted by molar-refractivity contribution is -0.141. The molecule has 1 aromatic carbocycles. The summed E-state index contributed by atoms with van der Waals surface area (Å²) in [4.78, 5) is 22.9. The smallest absolute Gasteiger partial charge is 0.308 e. The Labute approximate surface area is 117 Å². The highest BCUT2D eigenvalue weighted by atomic mass is 16.5. The van der Waals surface area contributed by atoms with Crippen molar-refractivity contribution in [2.45, 2.75) is 13.3 Å². The van der Waals surface area contributed by atoms with Gasteiger partial charge in [0.2, 0.25) is 0 Å². The molecule has 0 spiro atoms. The molecule has 1 rings (SSSR count). The first-order chi connectivity index (χ1) is 9.51. The van der Waals surface area contributed by atoms with Crippen molar-refractivity contribution in [3.8, 4) is 11.5 Å². The summed E-state index contributed by atoms with van der Waals surface area (Å²) in [5.74, 6) is -0.871. The Hall–Kier alpha value is -2.24.